The second-order valence-electron chi connectivity index (χ2n) is 3.03. The summed E-state index contributed by atoms with van der Waals surface area (Å²) in [6.45, 7) is 0.474. The summed E-state index contributed by atoms with van der Waals surface area (Å²) in [5, 5.41) is 12.1. The summed E-state index contributed by atoms with van der Waals surface area (Å²) in [4.78, 5) is 11.2. The number of hydrogen-bond donors (Lipinski definition) is 1. The molecule has 0 aliphatic heterocycles. The molecule has 1 amide bonds. The number of benzene rings is 1. The van der Waals surface area contributed by atoms with Crippen molar-refractivity contribution in [3.8, 4) is 6.07 Å². The molecular formula is C11H11BrN2O. The van der Waals surface area contributed by atoms with Gasteiger partial charge in [0.05, 0.1) is 11.6 Å². The van der Waals surface area contributed by atoms with E-state index in [-0.39, 0.29) is 5.91 Å². The van der Waals surface area contributed by atoms with E-state index in [9.17, 15) is 4.79 Å². The molecular weight excluding hydrogens is 256 g/mol. The molecule has 1 aromatic carbocycles. The van der Waals surface area contributed by atoms with Gasteiger partial charge in [-0.3, -0.25) is 4.79 Å². The maximum Gasteiger partial charge on any atom is 0.221 e. The second-order valence-corrected chi connectivity index (χ2v) is 3.82. The lowest BCUT2D eigenvalue weighted by Crippen LogP contribution is -2.22. The molecule has 0 spiro atoms. The van der Waals surface area contributed by atoms with E-state index in [1.165, 1.54) is 0 Å². The first-order valence-corrected chi connectivity index (χ1v) is 5.70. The van der Waals surface area contributed by atoms with Crippen molar-refractivity contribution in [3.05, 3.63) is 35.4 Å². The van der Waals surface area contributed by atoms with Crippen LogP contribution in [0.1, 0.15) is 17.5 Å². The van der Waals surface area contributed by atoms with Crippen LogP contribution in [0.25, 0.3) is 0 Å². The highest BCUT2D eigenvalue weighted by atomic mass is 79.9. The Morgan fingerprint density at radius 2 is 2.33 bits per heavy atom. The monoisotopic (exact) mass is 266 g/mol. The quantitative estimate of drug-likeness (QED) is 0.848. The Morgan fingerprint density at radius 3 is 3.00 bits per heavy atom. The first-order valence-electron chi connectivity index (χ1n) is 4.58. The van der Waals surface area contributed by atoms with Gasteiger partial charge in [-0.2, -0.15) is 5.26 Å². The maximum atomic E-state index is 11.2. The molecule has 0 aliphatic carbocycles. The normalized spacial score (nSPS) is 9.33. The van der Waals surface area contributed by atoms with Crippen LogP contribution in [0.3, 0.4) is 0 Å². The molecule has 0 atom stereocenters. The second kappa shape index (κ2) is 6.20. The number of carbonyl (C=O) groups is 1. The van der Waals surface area contributed by atoms with Gasteiger partial charge in [-0.1, -0.05) is 28.1 Å². The largest absolute Gasteiger partial charge is 0.352 e. The van der Waals surface area contributed by atoms with Crippen LogP contribution in [0.15, 0.2) is 24.3 Å². The average molecular weight is 267 g/mol. The zero-order valence-corrected chi connectivity index (χ0v) is 9.75. The Hall–Kier alpha value is -1.34. The van der Waals surface area contributed by atoms with Gasteiger partial charge in [0.1, 0.15) is 0 Å². The average Bonchev–Trinajstić information content (AvgIpc) is 2.27. The van der Waals surface area contributed by atoms with Crippen molar-refractivity contribution in [2.45, 2.75) is 13.0 Å². The third kappa shape index (κ3) is 4.13. The van der Waals surface area contributed by atoms with E-state index in [0.717, 1.165) is 5.56 Å². The maximum absolute atomic E-state index is 11.2. The van der Waals surface area contributed by atoms with Crippen LogP contribution in [0.5, 0.6) is 0 Å². The predicted molar refractivity (Wildman–Crippen MR) is 61.4 cm³/mol. The van der Waals surface area contributed by atoms with Crippen LogP contribution >= 0.6 is 15.9 Å². The van der Waals surface area contributed by atoms with Gasteiger partial charge in [0.2, 0.25) is 5.91 Å². The first kappa shape index (κ1) is 11.7. The van der Waals surface area contributed by atoms with Crippen LogP contribution in [0.2, 0.25) is 0 Å². The number of rotatable bonds is 4. The van der Waals surface area contributed by atoms with Crippen molar-refractivity contribution < 1.29 is 4.79 Å². The summed E-state index contributed by atoms with van der Waals surface area (Å²) in [6, 6.07) is 9.27. The molecule has 78 valence electrons. The summed E-state index contributed by atoms with van der Waals surface area (Å²) in [7, 11) is 0. The number of nitrogens with one attached hydrogen (secondary N) is 1. The standard InChI is InChI=1S/C11H11BrN2O/c12-5-4-11(15)14-8-10-3-1-2-9(6-10)7-13/h1-3,6H,4-5,8H2,(H,14,15). The van der Waals surface area contributed by atoms with Gasteiger partial charge in [-0.15, -0.1) is 0 Å². The van der Waals surface area contributed by atoms with Gasteiger partial charge in [0.25, 0.3) is 0 Å². The summed E-state index contributed by atoms with van der Waals surface area (Å²) in [5.74, 6) is 0.00855. The molecule has 0 saturated heterocycles. The molecule has 0 saturated carbocycles. The fraction of sp³-hybridized carbons (Fsp3) is 0.273. The number of nitrogens with zero attached hydrogens (tertiary/aromatic N) is 1. The van der Waals surface area contributed by atoms with E-state index in [2.05, 4.69) is 27.3 Å². The van der Waals surface area contributed by atoms with E-state index in [0.29, 0.717) is 23.9 Å². The van der Waals surface area contributed by atoms with Crippen molar-refractivity contribution >= 4 is 21.8 Å². The van der Waals surface area contributed by atoms with E-state index in [1.54, 1.807) is 12.1 Å². The van der Waals surface area contributed by atoms with Crippen LogP contribution in [-0.2, 0) is 11.3 Å². The molecule has 0 radical (unpaired) electrons. The fourth-order valence-electron chi connectivity index (χ4n) is 1.13. The zero-order valence-electron chi connectivity index (χ0n) is 8.16. The number of hydrogen-bond acceptors (Lipinski definition) is 2. The summed E-state index contributed by atoms with van der Waals surface area (Å²) in [5.41, 5.74) is 1.55. The van der Waals surface area contributed by atoms with Crippen LogP contribution in [0, 0.1) is 11.3 Å². The molecule has 1 aromatic rings. The van der Waals surface area contributed by atoms with Crippen LogP contribution in [0.4, 0.5) is 0 Å². The Bertz CT molecular complexity index is 384. The number of carbonyl (C=O) groups excluding carboxylic acids is 1. The minimum atomic E-state index is 0.00855. The highest BCUT2D eigenvalue weighted by Gasteiger charge is 2.00. The topological polar surface area (TPSA) is 52.9 Å². The van der Waals surface area contributed by atoms with Gasteiger partial charge in [0, 0.05) is 18.3 Å². The van der Waals surface area contributed by atoms with Crippen LogP contribution in [-0.4, -0.2) is 11.2 Å². The molecule has 0 aromatic heterocycles. The van der Waals surface area contributed by atoms with Gasteiger partial charge < -0.3 is 5.32 Å². The number of alkyl halides is 1. The molecule has 1 rings (SSSR count). The van der Waals surface area contributed by atoms with E-state index < -0.39 is 0 Å². The highest BCUT2D eigenvalue weighted by Crippen LogP contribution is 2.03. The third-order valence-corrected chi connectivity index (χ3v) is 2.26. The molecule has 3 nitrogen and oxygen atoms in total. The van der Waals surface area contributed by atoms with Gasteiger partial charge in [-0.05, 0) is 17.7 Å². The van der Waals surface area contributed by atoms with E-state index in [1.807, 2.05) is 12.1 Å². The Morgan fingerprint density at radius 1 is 1.53 bits per heavy atom. The van der Waals surface area contributed by atoms with E-state index in [4.69, 9.17) is 5.26 Å². The van der Waals surface area contributed by atoms with Crippen molar-refractivity contribution in [2.75, 3.05) is 5.33 Å². The minimum absolute atomic E-state index is 0.00855. The van der Waals surface area contributed by atoms with Crippen molar-refractivity contribution in [2.24, 2.45) is 0 Å². The zero-order chi connectivity index (χ0) is 11.1. The summed E-state index contributed by atoms with van der Waals surface area (Å²) < 4.78 is 0. The third-order valence-electron chi connectivity index (χ3n) is 1.87. The molecule has 15 heavy (non-hydrogen) atoms. The molecule has 0 fully saturated rings. The van der Waals surface area contributed by atoms with Gasteiger partial charge in [-0.25, -0.2) is 0 Å². The van der Waals surface area contributed by atoms with Crippen LogP contribution < -0.4 is 5.32 Å². The lowest BCUT2D eigenvalue weighted by molar-refractivity contribution is -0.120. The lowest BCUT2D eigenvalue weighted by atomic mass is 10.1. The number of nitriles is 1. The molecule has 0 bridgehead atoms. The molecule has 0 aliphatic rings. The van der Waals surface area contributed by atoms with Crippen molar-refractivity contribution in [1.29, 1.82) is 5.26 Å². The van der Waals surface area contributed by atoms with Gasteiger partial charge in [0.15, 0.2) is 0 Å². The smallest absolute Gasteiger partial charge is 0.221 e. The van der Waals surface area contributed by atoms with Crippen molar-refractivity contribution in [3.63, 3.8) is 0 Å². The first-order chi connectivity index (χ1) is 7.26. The highest BCUT2D eigenvalue weighted by molar-refractivity contribution is 9.09. The van der Waals surface area contributed by atoms with Crippen molar-refractivity contribution in [1.82, 2.24) is 5.32 Å². The molecule has 4 heteroatoms. The predicted octanol–water partition coefficient (Wildman–Crippen LogP) is 1.96. The SMILES string of the molecule is N#Cc1cccc(CNC(=O)CCBr)c1. The lowest BCUT2D eigenvalue weighted by Gasteiger charge is -2.04. The summed E-state index contributed by atoms with van der Waals surface area (Å²) in [6.07, 6.45) is 0.470. The molecule has 1 N–H and O–H groups in total. The Kier molecular flexibility index (Phi) is 4.85. The molecule has 0 unspecified atom stereocenters. The minimum Gasteiger partial charge on any atom is -0.352 e. The number of amides is 1. The molecule has 0 heterocycles. The Labute approximate surface area is 97.2 Å². The van der Waals surface area contributed by atoms with E-state index >= 15 is 0 Å². The fourth-order valence-corrected chi connectivity index (χ4v) is 1.49. The van der Waals surface area contributed by atoms with Gasteiger partial charge >= 0.3 is 0 Å². The Balaban J connectivity index is 2.51. The summed E-state index contributed by atoms with van der Waals surface area (Å²) >= 11 is 3.20. The number of halogens is 1.